The van der Waals surface area contributed by atoms with E-state index in [1.165, 1.54) is 0 Å². The zero-order valence-electron chi connectivity index (χ0n) is 13.1. The van der Waals surface area contributed by atoms with E-state index in [1.807, 2.05) is 18.3 Å². The number of nitrogens with one attached hydrogen (secondary N) is 3. The van der Waals surface area contributed by atoms with Crippen molar-refractivity contribution in [2.75, 3.05) is 0 Å². The number of aliphatic imine (C=N–C) groups is 1. The first-order valence-corrected chi connectivity index (χ1v) is 8.17. The molecule has 1 amide bonds. The first kappa shape index (κ1) is 14.9. The van der Waals surface area contributed by atoms with Gasteiger partial charge in [-0.1, -0.05) is 0 Å². The van der Waals surface area contributed by atoms with Crippen LogP contribution in [0.3, 0.4) is 0 Å². The van der Waals surface area contributed by atoms with Crippen LogP contribution in [0.15, 0.2) is 35.2 Å². The predicted molar refractivity (Wildman–Crippen MR) is 91.0 cm³/mol. The number of hydrogen-bond donors (Lipinski definition) is 4. The number of fused-ring (bicyclic) bond motifs is 1. The molecule has 124 valence electrons. The Morgan fingerprint density at radius 3 is 2.96 bits per heavy atom. The highest BCUT2D eigenvalue weighted by Gasteiger charge is 2.25. The van der Waals surface area contributed by atoms with Gasteiger partial charge in [-0.15, -0.1) is 0 Å². The highest BCUT2D eigenvalue weighted by Crippen LogP contribution is 2.21. The van der Waals surface area contributed by atoms with Gasteiger partial charge < -0.3 is 15.4 Å². The summed E-state index contributed by atoms with van der Waals surface area (Å²) in [5, 5.41) is 16.5. The number of aromatic amines is 1. The number of amides is 1. The number of pyridine rings is 1. The molecule has 4 N–H and O–H groups in total. The summed E-state index contributed by atoms with van der Waals surface area (Å²) in [4.78, 5) is 23.8. The van der Waals surface area contributed by atoms with Gasteiger partial charge in [0.15, 0.2) is 0 Å². The molecule has 0 radical (unpaired) electrons. The lowest BCUT2D eigenvalue weighted by atomic mass is 9.93. The van der Waals surface area contributed by atoms with E-state index < -0.39 is 0 Å². The van der Waals surface area contributed by atoms with Crippen molar-refractivity contribution in [1.29, 1.82) is 0 Å². The largest absolute Gasteiger partial charge is 0.393 e. The second-order valence-corrected chi connectivity index (χ2v) is 6.24. The summed E-state index contributed by atoms with van der Waals surface area (Å²) in [6.07, 6.45) is 8.42. The third kappa shape index (κ3) is 2.90. The van der Waals surface area contributed by atoms with Crippen LogP contribution >= 0.6 is 0 Å². The van der Waals surface area contributed by atoms with Crippen molar-refractivity contribution in [2.24, 2.45) is 4.99 Å². The van der Waals surface area contributed by atoms with Crippen molar-refractivity contribution in [2.45, 2.75) is 37.8 Å². The molecule has 2 aromatic heterocycles. The lowest BCUT2D eigenvalue weighted by molar-refractivity contribution is -0.115. The Kier molecular flexibility index (Phi) is 3.78. The van der Waals surface area contributed by atoms with E-state index in [0.717, 1.165) is 42.3 Å². The van der Waals surface area contributed by atoms with Gasteiger partial charge in [-0.25, -0.2) is 9.98 Å². The number of aliphatic hydroxyl groups excluding tert-OH is 1. The summed E-state index contributed by atoms with van der Waals surface area (Å²) in [5.41, 5.74) is 2.04. The molecule has 1 fully saturated rings. The fourth-order valence-corrected chi connectivity index (χ4v) is 3.19. The van der Waals surface area contributed by atoms with E-state index in [9.17, 15) is 9.90 Å². The van der Waals surface area contributed by atoms with Crippen LogP contribution in [-0.2, 0) is 4.79 Å². The fraction of sp³-hybridized carbons (Fsp3) is 0.353. The van der Waals surface area contributed by atoms with Crippen LogP contribution in [0, 0.1) is 0 Å². The Morgan fingerprint density at radius 1 is 1.29 bits per heavy atom. The topological polar surface area (TPSA) is 102 Å². The maximum atomic E-state index is 12.1. The number of H-pyrrole nitrogens is 1. The van der Waals surface area contributed by atoms with Crippen molar-refractivity contribution in [3.63, 3.8) is 0 Å². The molecule has 0 unspecified atom stereocenters. The summed E-state index contributed by atoms with van der Waals surface area (Å²) in [6, 6.07) is 4.05. The summed E-state index contributed by atoms with van der Waals surface area (Å²) in [5.74, 6) is 0.275. The van der Waals surface area contributed by atoms with Gasteiger partial charge in [0.25, 0.3) is 5.91 Å². The normalized spacial score (nSPS) is 25.8. The van der Waals surface area contributed by atoms with Crippen LogP contribution in [-0.4, -0.2) is 39.1 Å². The standard InChI is InChI=1S/C17H19N5O2/c23-12-5-3-11(4-6-12)20-17-21-14(16(24)22-17)8-10-9-19-15-13(10)2-1-7-18-15/h1-2,7-9,11-12,23H,3-6H2,(H,18,19)(H2,20,21,22,24). The number of hydrogen-bond acceptors (Lipinski definition) is 5. The number of carbonyl (C=O) groups is 1. The molecule has 0 aromatic carbocycles. The van der Waals surface area contributed by atoms with Crippen LogP contribution in [0.5, 0.6) is 0 Å². The third-order valence-electron chi connectivity index (χ3n) is 4.51. The van der Waals surface area contributed by atoms with Crippen molar-refractivity contribution >= 4 is 29.0 Å². The molecular weight excluding hydrogens is 306 g/mol. The number of rotatable bonds is 2. The average molecular weight is 325 g/mol. The van der Waals surface area contributed by atoms with Gasteiger partial charge >= 0.3 is 0 Å². The van der Waals surface area contributed by atoms with Crippen LogP contribution in [0.2, 0.25) is 0 Å². The van der Waals surface area contributed by atoms with Crippen LogP contribution < -0.4 is 10.6 Å². The van der Waals surface area contributed by atoms with Gasteiger partial charge in [0.2, 0.25) is 5.96 Å². The number of nitrogens with zero attached hydrogens (tertiary/aromatic N) is 2. The molecule has 2 aromatic rings. The van der Waals surface area contributed by atoms with Gasteiger partial charge in [-0.2, -0.15) is 0 Å². The Labute approximate surface area is 138 Å². The molecule has 7 heteroatoms. The first-order valence-electron chi connectivity index (χ1n) is 8.17. The molecule has 1 aliphatic carbocycles. The van der Waals surface area contributed by atoms with Crippen molar-refractivity contribution in [3.8, 4) is 0 Å². The smallest absolute Gasteiger partial charge is 0.276 e. The van der Waals surface area contributed by atoms with Gasteiger partial charge in [0, 0.05) is 29.4 Å². The van der Waals surface area contributed by atoms with E-state index >= 15 is 0 Å². The average Bonchev–Trinajstić information content (AvgIpc) is 3.14. The summed E-state index contributed by atoms with van der Waals surface area (Å²) >= 11 is 0. The van der Waals surface area contributed by atoms with E-state index in [1.54, 1.807) is 12.3 Å². The summed E-state index contributed by atoms with van der Waals surface area (Å²) in [7, 11) is 0. The molecule has 0 atom stereocenters. The molecular formula is C17H19N5O2. The van der Waals surface area contributed by atoms with E-state index in [-0.39, 0.29) is 18.1 Å². The number of carbonyl (C=O) groups excluding carboxylic acids is 1. The zero-order valence-corrected chi connectivity index (χ0v) is 13.1. The Hall–Kier alpha value is -2.67. The lowest BCUT2D eigenvalue weighted by Crippen LogP contribution is -2.44. The molecule has 0 spiro atoms. The fourth-order valence-electron chi connectivity index (χ4n) is 3.19. The predicted octanol–water partition coefficient (Wildman–Crippen LogP) is 1.28. The quantitative estimate of drug-likeness (QED) is 0.625. The molecule has 4 rings (SSSR count). The molecule has 24 heavy (non-hydrogen) atoms. The second-order valence-electron chi connectivity index (χ2n) is 6.24. The summed E-state index contributed by atoms with van der Waals surface area (Å²) < 4.78 is 0. The van der Waals surface area contributed by atoms with Crippen LogP contribution in [0.1, 0.15) is 31.2 Å². The van der Waals surface area contributed by atoms with Crippen molar-refractivity contribution < 1.29 is 9.90 Å². The van der Waals surface area contributed by atoms with Gasteiger partial charge in [0.05, 0.1) is 6.10 Å². The molecule has 2 aliphatic rings. The van der Waals surface area contributed by atoms with E-state index in [0.29, 0.717) is 11.7 Å². The number of aromatic nitrogens is 2. The van der Waals surface area contributed by atoms with Gasteiger partial charge in [-0.3, -0.25) is 10.1 Å². The maximum Gasteiger partial charge on any atom is 0.276 e. The minimum atomic E-state index is -0.216. The molecule has 0 bridgehead atoms. The Morgan fingerprint density at radius 2 is 2.12 bits per heavy atom. The minimum absolute atomic E-state index is 0.200. The molecule has 3 heterocycles. The van der Waals surface area contributed by atoms with E-state index in [2.05, 4.69) is 25.6 Å². The minimum Gasteiger partial charge on any atom is -0.393 e. The highest BCUT2D eigenvalue weighted by atomic mass is 16.3. The summed E-state index contributed by atoms with van der Waals surface area (Å²) in [6.45, 7) is 0. The monoisotopic (exact) mass is 325 g/mol. The second kappa shape index (κ2) is 6.09. The maximum absolute atomic E-state index is 12.1. The van der Waals surface area contributed by atoms with Gasteiger partial charge in [0.1, 0.15) is 11.3 Å². The molecule has 1 saturated carbocycles. The van der Waals surface area contributed by atoms with Crippen LogP contribution in [0.4, 0.5) is 0 Å². The van der Waals surface area contributed by atoms with Gasteiger partial charge in [-0.05, 0) is 43.9 Å². The lowest BCUT2D eigenvalue weighted by Gasteiger charge is -2.26. The first-order chi connectivity index (χ1) is 11.7. The number of aliphatic hydroxyl groups is 1. The van der Waals surface area contributed by atoms with Crippen molar-refractivity contribution in [1.82, 2.24) is 20.6 Å². The molecule has 1 aliphatic heterocycles. The third-order valence-corrected chi connectivity index (χ3v) is 4.51. The molecule has 7 nitrogen and oxygen atoms in total. The number of guanidine groups is 1. The Bertz CT molecular complexity index is 830. The Balaban J connectivity index is 1.53. The van der Waals surface area contributed by atoms with E-state index in [4.69, 9.17) is 0 Å². The SMILES string of the molecule is O=C1NC(NC2CCC(O)CC2)=NC1=Cc1c[nH]c2ncccc12. The van der Waals surface area contributed by atoms with Crippen LogP contribution in [0.25, 0.3) is 17.1 Å². The highest BCUT2D eigenvalue weighted by molar-refractivity contribution is 6.14. The molecule has 0 saturated heterocycles. The zero-order chi connectivity index (χ0) is 16.5. The van der Waals surface area contributed by atoms with Crippen molar-refractivity contribution in [3.05, 3.63) is 35.8 Å².